The number of aromatic nitrogens is 1. The molecule has 1 aromatic heterocycles. The van der Waals surface area contributed by atoms with E-state index in [9.17, 15) is 18.4 Å². The number of oxime groups is 1. The van der Waals surface area contributed by atoms with Crippen molar-refractivity contribution in [2.75, 3.05) is 6.54 Å². The van der Waals surface area contributed by atoms with Crippen LogP contribution in [0.1, 0.15) is 76.4 Å². The van der Waals surface area contributed by atoms with Crippen LogP contribution in [-0.4, -0.2) is 59.4 Å². The fraction of sp³-hybridized carbons (Fsp3) is 0.514. The van der Waals surface area contributed by atoms with Crippen molar-refractivity contribution in [3.05, 3.63) is 77.6 Å². The molecule has 3 aromatic rings. The number of amides is 2. The molecular formula is C37H43BF2N4O5. The molecule has 3 aliphatic carbocycles. The molecular weight excluding hydrogens is 629 g/mol. The van der Waals surface area contributed by atoms with Crippen LogP contribution in [0.5, 0.6) is 0 Å². The van der Waals surface area contributed by atoms with Gasteiger partial charge in [0.2, 0.25) is 5.60 Å². The maximum Gasteiger partial charge on any atom is 0.481 e. The van der Waals surface area contributed by atoms with Crippen LogP contribution < -0.4 is 10.6 Å². The van der Waals surface area contributed by atoms with Crippen molar-refractivity contribution >= 4 is 35.4 Å². The minimum atomic E-state index is -1.63. The van der Waals surface area contributed by atoms with Gasteiger partial charge in [-0.05, 0) is 78.5 Å². The van der Waals surface area contributed by atoms with Gasteiger partial charge in [-0.3, -0.25) is 14.6 Å². The summed E-state index contributed by atoms with van der Waals surface area (Å²) in [5, 5.41) is 11.8. The van der Waals surface area contributed by atoms with Gasteiger partial charge < -0.3 is 24.8 Å². The topological polar surface area (TPSA) is 111 Å². The molecule has 1 unspecified atom stereocenters. The normalized spacial score (nSPS) is 28.8. The zero-order valence-electron chi connectivity index (χ0n) is 28.6. The van der Waals surface area contributed by atoms with Crippen LogP contribution in [-0.2, 0) is 25.4 Å². The second-order valence-corrected chi connectivity index (χ2v) is 15.5. The zero-order valence-corrected chi connectivity index (χ0v) is 28.6. The highest BCUT2D eigenvalue weighted by molar-refractivity contribution is 6.48. The summed E-state index contributed by atoms with van der Waals surface area (Å²) in [6.45, 7) is 10.8. The largest absolute Gasteiger partial charge is 0.481 e. The Morgan fingerprint density at radius 2 is 1.82 bits per heavy atom. The van der Waals surface area contributed by atoms with E-state index in [1.165, 1.54) is 12.1 Å². The van der Waals surface area contributed by atoms with Gasteiger partial charge in [-0.1, -0.05) is 57.1 Å². The number of benzene rings is 2. The molecule has 4 fully saturated rings. The Hall–Kier alpha value is -3.90. The predicted octanol–water partition coefficient (Wildman–Crippen LogP) is 5.80. The first-order valence-corrected chi connectivity index (χ1v) is 17.2. The number of nitrogens with zero attached hydrogens (tertiary/aromatic N) is 2. The number of carbonyl (C=O) groups is 2. The van der Waals surface area contributed by atoms with Gasteiger partial charge in [0.25, 0.3) is 11.8 Å². The number of hydrogen-bond acceptors (Lipinski definition) is 7. The lowest BCUT2D eigenvalue weighted by atomic mass is 9.43. The van der Waals surface area contributed by atoms with Crippen molar-refractivity contribution in [3.8, 4) is 0 Å². The van der Waals surface area contributed by atoms with E-state index < -0.39 is 47.7 Å². The first kappa shape index (κ1) is 33.6. The summed E-state index contributed by atoms with van der Waals surface area (Å²) in [6, 6.07) is 12.4. The van der Waals surface area contributed by atoms with Crippen LogP contribution >= 0.6 is 0 Å². The lowest BCUT2D eigenvalue weighted by molar-refractivity contribution is -0.199. The van der Waals surface area contributed by atoms with Crippen molar-refractivity contribution in [3.63, 3.8) is 0 Å². The van der Waals surface area contributed by atoms with Crippen LogP contribution in [0.3, 0.4) is 0 Å². The number of nitrogens with one attached hydrogen (secondary N) is 2. The van der Waals surface area contributed by atoms with E-state index in [-0.39, 0.29) is 48.1 Å². The Morgan fingerprint density at radius 3 is 2.55 bits per heavy atom. The van der Waals surface area contributed by atoms with E-state index in [1.54, 1.807) is 6.20 Å². The van der Waals surface area contributed by atoms with Gasteiger partial charge in [-0.25, -0.2) is 8.78 Å². The fourth-order valence-electron chi connectivity index (χ4n) is 8.66. The van der Waals surface area contributed by atoms with Crippen molar-refractivity contribution < 1.29 is 32.5 Å². The first-order valence-electron chi connectivity index (χ1n) is 17.2. The highest BCUT2D eigenvalue weighted by atomic mass is 19.1. The number of fused-ring (bicyclic) bond motifs is 1. The van der Waals surface area contributed by atoms with Crippen LogP contribution in [0, 0.1) is 34.8 Å². The number of hydrogen-bond donors (Lipinski definition) is 2. The number of halogens is 2. The van der Waals surface area contributed by atoms with Crippen molar-refractivity contribution in [1.82, 2.24) is 15.6 Å². The third-order valence-corrected chi connectivity index (χ3v) is 11.3. The molecule has 2 aromatic carbocycles. The van der Waals surface area contributed by atoms with E-state index in [1.807, 2.05) is 30.3 Å². The summed E-state index contributed by atoms with van der Waals surface area (Å²) in [6.07, 6.45) is 3.93. The Labute approximate surface area is 285 Å². The molecule has 8 rings (SSSR count). The number of rotatable bonds is 10. The molecule has 3 saturated carbocycles. The average molecular weight is 673 g/mol. The Morgan fingerprint density at radius 1 is 1.06 bits per heavy atom. The summed E-state index contributed by atoms with van der Waals surface area (Å²) in [7, 11) is -0.672. The summed E-state index contributed by atoms with van der Waals surface area (Å²) in [5.41, 5.74) is -1.03. The van der Waals surface area contributed by atoms with Crippen molar-refractivity contribution in [2.24, 2.45) is 28.3 Å². The van der Waals surface area contributed by atoms with Gasteiger partial charge in [0.1, 0.15) is 17.3 Å². The second kappa shape index (κ2) is 12.5. The number of carbonyl (C=O) groups excluding carboxylic acids is 2. The molecule has 9 nitrogen and oxygen atoms in total. The van der Waals surface area contributed by atoms with Gasteiger partial charge >= 0.3 is 7.12 Å². The lowest BCUT2D eigenvalue weighted by Gasteiger charge is -2.64. The Kier molecular flexibility index (Phi) is 8.54. The smallest absolute Gasteiger partial charge is 0.404 e. The van der Waals surface area contributed by atoms with E-state index >= 15 is 0 Å². The minimum Gasteiger partial charge on any atom is -0.404 e. The van der Waals surface area contributed by atoms with Crippen LogP contribution in [0.25, 0.3) is 10.8 Å². The fourth-order valence-corrected chi connectivity index (χ4v) is 8.66. The molecule has 2 bridgehead atoms. The molecule has 5 aliphatic rings. The van der Waals surface area contributed by atoms with Crippen molar-refractivity contribution in [1.29, 1.82) is 0 Å². The predicted molar refractivity (Wildman–Crippen MR) is 182 cm³/mol. The van der Waals surface area contributed by atoms with E-state index in [2.05, 4.69) is 55.4 Å². The van der Waals surface area contributed by atoms with E-state index in [0.717, 1.165) is 24.3 Å². The van der Waals surface area contributed by atoms with Gasteiger partial charge in [0.05, 0.1) is 29.9 Å². The molecule has 2 N–H and O–H groups in total. The van der Waals surface area contributed by atoms with E-state index in [0.29, 0.717) is 29.4 Å². The highest BCUT2D eigenvalue weighted by Gasteiger charge is 2.68. The molecule has 1 saturated heterocycles. The van der Waals surface area contributed by atoms with Gasteiger partial charge in [-0.15, -0.1) is 0 Å². The van der Waals surface area contributed by atoms with Gasteiger partial charge in [0, 0.05) is 30.5 Å². The van der Waals surface area contributed by atoms with Crippen LogP contribution in [0.4, 0.5) is 8.78 Å². The minimum absolute atomic E-state index is 0.0146. The van der Waals surface area contributed by atoms with Crippen LogP contribution in [0.2, 0.25) is 0 Å². The summed E-state index contributed by atoms with van der Waals surface area (Å²) < 4.78 is 42.0. The standard InChI is InChI=1S/C37H43BF2N4O5/c1-21(2)12-31(38-47-30-16-24-15-29(35(24,3)4)36(30,5)48-38)43-34(46)37(18-22-13-25(39)17-26(40)14-22)19-27(44-49-37)20-42-33(45)32-28-9-7-6-8-23(28)10-11-41-32/h6-11,13-14,17,21,24,29-31H,12,15-16,18-20H2,1-5H3,(H,42,45)(H,43,46)/t24-,29-,30+,31-,36-,37?/m0/s1. The highest BCUT2D eigenvalue weighted by Crippen LogP contribution is 2.65. The number of pyridine rings is 1. The van der Waals surface area contributed by atoms with Gasteiger partial charge in [0.15, 0.2) is 0 Å². The zero-order chi connectivity index (χ0) is 34.7. The molecule has 49 heavy (non-hydrogen) atoms. The second-order valence-electron chi connectivity index (χ2n) is 15.5. The third kappa shape index (κ3) is 6.11. The molecule has 6 atom stereocenters. The lowest BCUT2D eigenvalue weighted by Crippen LogP contribution is -2.65. The Bertz CT molecular complexity index is 1800. The molecule has 12 heteroatoms. The van der Waals surface area contributed by atoms with Gasteiger partial charge in [-0.2, -0.15) is 0 Å². The SMILES string of the molecule is CC(C)C[C@H](NC(=O)C1(Cc2cc(F)cc(F)c2)CC(CNC(=O)c2nccc3ccccc23)=NO1)B1O[C@@H]2C[C@@H]3C[C@@H](C3(C)C)[C@]2(C)O1. The molecule has 0 spiro atoms. The van der Waals surface area contributed by atoms with Crippen LogP contribution in [0.15, 0.2) is 59.9 Å². The quantitative estimate of drug-likeness (QED) is 0.264. The third-order valence-electron chi connectivity index (χ3n) is 11.3. The first-order chi connectivity index (χ1) is 23.3. The molecule has 3 heterocycles. The summed E-state index contributed by atoms with van der Waals surface area (Å²) in [4.78, 5) is 37.8. The maximum absolute atomic E-state index is 14.4. The van der Waals surface area contributed by atoms with E-state index in [4.69, 9.17) is 14.1 Å². The molecule has 2 aliphatic heterocycles. The summed E-state index contributed by atoms with van der Waals surface area (Å²) >= 11 is 0. The molecule has 2 amide bonds. The molecule has 0 radical (unpaired) electrons. The average Bonchev–Trinajstić information content (AvgIpc) is 3.63. The van der Waals surface area contributed by atoms with Crippen molar-refractivity contribution in [2.45, 2.75) is 90.0 Å². The Balaban J connectivity index is 1.10. The molecule has 258 valence electrons. The summed E-state index contributed by atoms with van der Waals surface area (Å²) in [5.74, 6) is -1.82. The maximum atomic E-state index is 14.4. The monoisotopic (exact) mass is 672 g/mol.